The lowest BCUT2D eigenvalue weighted by Crippen LogP contribution is -2.48. The van der Waals surface area contributed by atoms with Crippen LogP contribution in [0.15, 0.2) is 36.4 Å². The summed E-state index contributed by atoms with van der Waals surface area (Å²) in [5, 5.41) is 21.5. The van der Waals surface area contributed by atoms with Crippen LogP contribution < -0.4 is 10.1 Å². The number of aromatic nitrogens is 3. The molecule has 0 aliphatic carbocycles. The Balaban J connectivity index is 1.80. The largest absolute Gasteiger partial charge is 0.497 e. The monoisotopic (exact) mass is 453 g/mol. The number of thiocarbonyl (C=S) groups is 1. The van der Waals surface area contributed by atoms with Crippen molar-refractivity contribution in [3.8, 4) is 11.8 Å². The molecule has 3 rings (SSSR count). The van der Waals surface area contributed by atoms with E-state index >= 15 is 0 Å². The number of ether oxygens (including phenoxy) is 1. The second kappa shape index (κ2) is 8.08. The minimum absolute atomic E-state index is 0.0115. The highest BCUT2D eigenvalue weighted by Crippen LogP contribution is 2.29. The molecule has 0 radical (unpaired) electrons. The first-order chi connectivity index (χ1) is 14.0. The molecule has 156 valence electrons. The number of hydrogen-bond donors (Lipinski definition) is 1. The molecule has 1 heterocycles. The lowest BCUT2D eigenvalue weighted by Gasteiger charge is -2.24. The van der Waals surface area contributed by atoms with Gasteiger partial charge in [0, 0.05) is 17.7 Å². The Morgan fingerprint density at radius 1 is 1.27 bits per heavy atom. The van der Waals surface area contributed by atoms with Gasteiger partial charge in [0.1, 0.15) is 27.3 Å². The fourth-order valence-electron chi connectivity index (χ4n) is 2.71. The van der Waals surface area contributed by atoms with E-state index in [1.165, 1.54) is 24.0 Å². The van der Waals surface area contributed by atoms with E-state index in [0.717, 1.165) is 12.1 Å². The van der Waals surface area contributed by atoms with Crippen LogP contribution in [0.1, 0.15) is 18.1 Å². The average molecular weight is 454 g/mol. The van der Waals surface area contributed by atoms with E-state index in [-0.39, 0.29) is 11.5 Å². The topological polar surface area (TPSA) is 75.8 Å². The second-order valence-electron chi connectivity index (χ2n) is 6.68. The number of benzene rings is 2. The molecule has 30 heavy (non-hydrogen) atoms. The Morgan fingerprint density at radius 2 is 1.93 bits per heavy atom. The van der Waals surface area contributed by atoms with Crippen LogP contribution in [-0.4, -0.2) is 32.6 Å². The molecule has 1 atom stereocenters. The molecule has 0 spiro atoms. The Bertz CT molecular complexity index is 1140. The number of nitriles is 1. The summed E-state index contributed by atoms with van der Waals surface area (Å²) in [5.41, 5.74) is -0.721. The minimum Gasteiger partial charge on any atom is -0.497 e. The van der Waals surface area contributed by atoms with Gasteiger partial charge in [-0.2, -0.15) is 33.4 Å². The third-order valence-electron chi connectivity index (χ3n) is 4.26. The van der Waals surface area contributed by atoms with Crippen molar-refractivity contribution in [2.75, 3.05) is 7.11 Å². The summed E-state index contributed by atoms with van der Waals surface area (Å²) in [6.07, 6.45) is -4.44. The van der Waals surface area contributed by atoms with E-state index in [2.05, 4.69) is 21.6 Å². The van der Waals surface area contributed by atoms with Gasteiger partial charge in [-0.1, -0.05) is 36.0 Å². The number of nitrogens with zero attached hydrogens (tertiary/aromatic N) is 4. The normalized spacial score (nSPS) is 13.5. The molecule has 0 aliphatic heterocycles. The van der Waals surface area contributed by atoms with Crippen molar-refractivity contribution in [2.45, 2.75) is 25.2 Å². The zero-order chi connectivity index (χ0) is 22.1. The Labute approximate surface area is 180 Å². The van der Waals surface area contributed by atoms with Gasteiger partial charge in [0.15, 0.2) is 0 Å². The van der Waals surface area contributed by atoms with E-state index < -0.39 is 17.3 Å². The predicted octanol–water partition coefficient (Wildman–Crippen LogP) is 4.36. The fourth-order valence-corrected chi connectivity index (χ4v) is 3.31. The maximum Gasteiger partial charge on any atom is 0.416 e. The molecule has 0 fully saturated rings. The quantitative estimate of drug-likeness (QED) is 0.578. The molecule has 0 amide bonds. The SMILES string of the molecule is COc1cc(Cl)c2nn(CC(C)(C#N)NC(=S)c3ccc(C(F)(F)F)cc3)nc2c1. The van der Waals surface area contributed by atoms with Crippen LogP contribution in [0.25, 0.3) is 11.0 Å². The Hall–Kier alpha value is -2.90. The lowest BCUT2D eigenvalue weighted by atomic mass is 10.0. The van der Waals surface area contributed by atoms with E-state index in [4.69, 9.17) is 28.6 Å². The van der Waals surface area contributed by atoms with Gasteiger partial charge in [0.2, 0.25) is 0 Å². The first-order valence-corrected chi connectivity index (χ1v) is 9.33. The molecule has 0 saturated heterocycles. The van der Waals surface area contributed by atoms with Crippen LogP contribution in [-0.2, 0) is 12.7 Å². The summed E-state index contributed by atoms with van der Waals surface area (Å²) in [6.45, 7) is 1.59. The van der Waals surface area contributed by atoms with Gasteiger partial charge in [-0.3, -0.25) is 0 Å². The second-order valence-corrected chi connectivity index (χ2v) is 7.50. The predicted molar refractivity (Wildman–Crippen MR) is 109 cm³/mol. The van der Waals surface area contributed by atoms with Gasteiger partial charge >= 0.3 is 6.18 Å². The first-order valence-electron chi connectivity index (χ1n) is 8.54. The van der Waals surface area contributed by atoms with E-state index in [9.17, 15) is 18.4 Å². The smallest absolute Gasteiger partial charge is 0.416 e. The highest BCUT2D eigenvalue weighted by atomic mass is 35.5. The number of methoxy groups -OCH3 is 1. The molecule has 11 heteroatoms. The fraction of sp³-hybridized carbons (Fsp3) is 0.263. The molecule has 0 saturated carbocycles. The molecule has 6 nitrogen and oxygen atoms in total. The minimum atomic E-state index is -4.44. The lowest BCUT2D eigenvalue weighted by molar-refractivity contribution is -0.137. The van der Waals surface area contributed by atoms with E-state index in [1.54, 1.807) is 19.1 Å². The molecule has 1 unspecified atom stereocenters. The van der Waals surface area contributed by atoms with Gasteiger partial charge in [0.05, 0.1) is 30.3 Å². The number of rotatable bonds is 5. The van der Waals surface area contributed by atoms with Gasteiger partial charge in [-0.15, -0.1) is 0 Å². The molecule has 0 bridgehead atoms. The summed E-state index contributed by atoms with van der Waals surface area (Å²) < 4.78 is 43.3. The summed E-state index contributed by atoms with van der Waals surface area (Å²) in [4.78, 5) is 1.44. The van der Waals surface area contributed by atoms with Crippen LogP contribution in [0, 0.1) is 11.3 Å². The van der Waals surface area contributed by atoms with E-state index in [1.807, 2.05) is 0 Å². The summed E-state index contributed by atoms with van der Waals surface area (Å²) >= 11 is 11.5. The zero-order valence-corrected chi connectivity index (χ0v) is 17.4. The molecule has 1 N–H and O–H groups in total. The summed E-state index contributed by atoms with van der Waals surface area (Å²) in [5.74, 6) is 0.518. The van der Waals surface area contributed by atoms with Gasteiger partial charge in [-0.05, 0) is 19.1 Å². The standard InChI is InChI=1S/C19H15ClF3N5OS/c1-18(9-24,25-17(30)11-3-5-12(6-4-11)19(21,22)23)10-28-26-15-8-13(29-2)7-14(20)16(15)27-28/h3-8H,10H2,1-2H3,(H,25,30). The van der Waals surface area contributed by atoms with Crippen molar-refractivity contribution in [2.24, 2.45) is 0 Å². The maximum atomic E-state index is 12.7. The van der Waals surface area contributed by atoms with Gasteiger partial charge < -0.3 is 10.1 Å². The van der Waals surface area contributed by atoms with Crippen molar-refractivity contribution in [3.63, 3.8) is 0 Å². The van der Waals surface area contributed by atoms with Crippen molar-refractivity contribution in [3.05, 3.63) is 52.5 Å². The van der Waals surface area contributed by atoms with Crippen LogP contribution in [0.2, 0.25) is 5.02 Å². The van der Waals surface area contributed by atoms with Crippen molar-refractivity contribution in [1.29, 1.82) is 5.26 Å². The zero-order valence-electron chi connectivity index (χ0n) is 15.8. The Morgan fingerprint density at radius 3 is 2.50 bits per heavy atom. The molecular weight excluding hydrogens is 439 g/mol. The van der Waals surface area contributed by atoms with E-state index in [0.29, 0.717) is 27.4 Å². The third-order valence-corrected chi connectivity index (χ3v) is 4.89. The third kappa shape index (κ3) is 4.63. The molecule has 3 aromatic rings. The number of hydrogen-bond acceptors (Lipinski definition) is 5. The summed E-state index contributed by atoms with van der Waals surface area (Å²) in [6, 6.07) is 9.74. The van der Waals surface area contributed by atoms with Crippen LogP contribution in [0.4, 0.5) is 13.2 Å². The number of fused-ring (bicyclic) bond motifs is 1. The number of halogens is 4. The maximum absolute atomic E-state index is 12.7. The molecule has 0 aliphatic rings. The van der Waals surface area contributed by atoms with Gasteiger partial charge in [0.25, 0.3) is 0 Å². The highest BCUT2D eigenvalue weighted by Gasteiger charge is 2.31. The van der Waals surface area contributed by atoms with Crippen molar-refractivity contribution >= 4 is 39.8 Å². The molecular formula is C19H15ClF3N5OS. The molecule has 1 aromatic heterocycles. The summed E-state index contributed by atoms with van der Waals surface area (Å²) in [7, 11) is 1.50. The van der Waals surface area contributed by atoms with Crippen molar-refractivity contribution < 1.29 is 17.9 Å². The highest BCUT2D eigenvalue weighted by molar-refractivity contribution is 7.80. The Kier molecular flexibility index (Phi) is 5.87. The van der Waals surface area contributed by atoms with Gasteiger partial charge in [-0.25, -0.2) is 0 Å². The van der Waals surface area contributed by atoms with Crippen LogP contribution >= 0.6 is 23.8 Å². The molecule has 2 aromatic carbocycles. The number of alkyl halides is 3. The van der Waals surface area contributed by atoms with Crippen LogP contribution in [0.5, 0.6) is 5.75 Å². The van der Waals surface area contributed by atoms with Crippen LogP contribution in [0.3, 0.4) is 0 Å². The number of nitrogens with one attached hydrogen (secondary N) is 1. The van der Waals surface area contributed by atoms with Crippen molar-refractivity contribution in [1.82, 2.24) is 20.3 Å². The average Bonchev–Trinajstić information content (AvgIpc) is 3.09. The first kappa shape index (κ1) is 21.8.